The minimum atomic E-state index is -0.852. The van der Waals surface area contributed by atoms with E-state index in [9.17, 15) is 20.4 Å². The van der Waals surface area contributed by atoms with Gasteiger partial charge in [-0.05, 0) is 75.7 Å². The SMILES string of the molecule is COc1cc(C2Oc3cc(OCCO)c4c(c3CC2O)CC2c3c-4ccc(O)c3C=CC2c2ccc3c(c2)=CCN=3)ccc1O. The van der Waals surface area contributed by atoms with Crippen molar-refractivity contribution in [3.63, 3.8) is 0 Å². The zero-order valence-corrected chi connectivity index (χ0v) is 24.7. The number of methoxy groups -OCH3 is 1. The number of phenols is 2. The van der Waals surface area contributed by atoms with Crippen LogP contribution in [-0.4, -0.2) is 53.4 Å². The van der Waals surface area contributed by atoms with Gasteiger partial charge >= 0.3 is 0 Å². The van der Waals surface area contributed by atoms with Crippen LogP contribution < -0.4 is 24.8 Å². The fraction of sp³-hybridized carbons (Fsp3) is 0.270. The second-order valence-corrected chi connectivity index (χ2v) is 12.0. The minimum absolute atomic E-state index is 0.0107. The van der Waals surface area contributed by atoms with Crippen molar-refractivity contribution in [2.45, 2.75) is 36.9 Å². The van der Waals surface area contributed by atoms with E-state index in [1.54, 1.807) is 18.2 Å². The number of nitrogens with zero attached hydrogens (tertiary/aromatic N) is 1. The second kappa shape index (κ2) is 10.7. The van der Waals surface area contributed by atoms with Gasteiger partial charge in [0.25, 0.3) is 0 Å². The Bertz CT molecular complexity index is 2020. The summed E-state index contributed by atoms with van der Waals surface area (Å²) in [6.07, 6.45) is 5.82. The summed E-state index contributed by atoms with van der Waals surface area (Å²) >= 11 is 0. The minimum Gasteiger partial charge on any atom is -0.507 e. The summed E-state index contributed by atoms with van der Waals surface area (Å²) in [6.45, 7) is 0.652. The van der Waals surface area contributed by atoms with Crippen LogP contribution in [0.5, 0.6) is 28.7 Å². The van der Waals surface area contributed by atoms with Gasteiger partial charge in [0.05, 0.1) is 31.7 Å². The van der Waals surface area contributed by atoms with E-state index in [4.69, 9.17) is 14.2 Å². The van der Waals surface area contributed by atoms with E-state index in [0.29, 0.717) is 42.2 Å². The van der Waals surface area contributed by atoms with E-state index in [1.807, 2.05) is 18.2 Å². The van der Waals surface area contributed by atoms with Crippen LogP contribution in [0.3, 0.4) is 0 Å². The first kappa shape index (κ1) is 27.7. The number of hydrogen-bond donors (Lipinski definition) is 4. The predicted octanol–water partition coefficient (Wildman–Crippen LogP) is 4.05. The van der Waals surface area contributed by atoms with Crippen molar-refractivity contribution in [2.75, 3.05) is 26.9 Å². The first-order valence-electron chi connectivity index (χ1n) is 15.3. The molecular weight excluding hydrogens is 570 g/mol. The molecule has 0 aromatic heterocycles. The molecule has 4 N–H and O–H groups in total. The molecule has 0 amide bonds. The van der Waals surface area contributed by atoms with Crippen LogP contribution in [-0.2, 0) is 12.8 Å². The summed E-state index contributed by atoms with van der Waals surface area (Å²) in [5.41, 5.74) is 7.60. The predicted molar refractivity (Wildman–Crippen MR) is 169 cm³/mol. The number of allylic oxidation sites excluding steroid dienone is 1. The zero-order chi connectivity index (χ0) is 30.8. The molecule has 2 aliphatic heterocycles. The zero-order valence-electron chi connectivity index (χ0n) is 24.7. The van der Waals surface area contributed by atoms with Crippen molar-refractivity contribution in [2.24, 2.45) is 4.99 Å². The molecule has 0 saturated heterocycles. The quantitative estimate of drug-likeness (QED) is 0.263. The smallest absolute Gasteiger partial charge is 0.160 e. The highest BCUT2D eigenvalue weighted by molar-refractivity contribution is 5.87. The van der Waals surface area contributed by atoms with Crippen molar-refractivity contribution >= 4 is 12.2 Å². The molecule has 4 atom stereocenters. The third-order valence-electron chi connectivity index (χ3n) is 9.61. The van der Waals surface area contributed by atoms with Crippen molar-refractivity contribution in [1.29, 1.82) is 0 Å². The molecule has 8 nitrogen and oxygen atoms in total. The van der Waals surface area contributed by atoms with Gasteiger partial charge < -0.3 is 34.6 Å². The molecular formula is C37H33NO7. The summed E-state index contributed by atoms with van der Waals surface area (Å²) in [5.74, 6) is 1.82. The number of aliphatic hydroxyl groups excluding tert-OH is 2. The Balaban J connectivity index is 1.29. The first-order valence-corrected chi connectivity index (χ1v) is 15.3. The fourth-order valence-electron chi connectivity index (χ4n) is 7.59. The van der Waals surface area contributed by atoms with Crippen LogP contribution in [0.15, 0.2) is 65.7 Å². The van der Waals surface area contributed by atoms with Crippen molar-refractivity contribution in [1.82, 2.24) is 0 Å². The van der Waals surface area contributed by atoms with Gasteiger partial charge in [-0.15, -0.1) is 0 Å². The van der Waals surface area contributed by atoms with Gasteiger partial charge in [0.15, 0.2) is 11.5 Å². The van der Waals surface area contributed by atoms with Crippen LogP contribution in [0, 0.1) is 0 Å². The largest absolute Gasteiger partial charge is 0.507 e. The molecule has 8 heteroatoms. The van der Waals surface area contributed by atoms with Crippen LogP contribution >= 0.6 is 0 Å². The van der Waals surface area contributed by atoms with Gasteiger partial charge in [0, 0.05) is 35.1 Å². The Labute approximate surface area is 259 Å². The molecule has 0 spiro atoms. The highest BCUT2D eigenvalue weighted by Gasteiger charge is 2.41. The number of benzene rings is 4. The average Bonchev–Trinajstić information content (AvgIpc) is 3.53. The molecule has 4 aliphatic rings. The number of aliphatic hydroxyl groups is 2. The number of hydrogen-bond acceptors (Lipinski definition) is 8. The molecule has 0 radical (unpaired) electrons. The van der Waals surface area contributed by atoms with Crippen LogP contribution in [0.4, 0.5) is 0 Å². The molecule has 228 valence electrons. The maximum Gasteiger partial charge on any atom is 0.160 e. The average molecular weight is 604 g/mol. The monoisotopic (exact) mass is 603 g/mol. The number of ether oxygens (including phenoxy) is 3. The Morgan fingerprint density at radius 3 is 2.62 bits per heavy atom. The molecule has 2 heterocycles. The Kier molecular flexibility index (Phi) is 6.58. The number of rotatable bonds is 6. The lowest BCUT2D eigenvalue weighted by atomic mass is 9.66. The molecule has 4 unspecified atom stereocenters. The molecule has 4 aromatic carbocycles. The second-order valence-electron chi connectivity index (χ2n) is 12.0. The normalized spacial score (nSPS) is 21.8. The Hall–Kier alpha value is -4.79. The molecule has 0 bridgehead atoms. The maximum atomic E-state index is 11.5. The lowest BCUT2D eigenvalue weighted by Gasteiger charge is -2.40. The molecule has 0 fully saturated rings. The van der Waals surface area contributed by atoms with E-state index < -0.39 is 12.2 Å². The highest BCUT2D eigenvalue weighted by atomic mass is 16.5. The topological polar surface area (TPSA) is 121 Å². The van der Waals surface area contributed by atoms with E-state index in [2.05, 4.69) is 35.3 Å². The molecule has 8 rings (SSSR count). The third kappa shape index (κ3) is 4.39. The van der Waals surface area contributed by atoms with Gasteiger partial charge in [-0.1, -0.05) is 36.4 Å². The van der Waals surface area contributed by atoms with Crippen molar-refractivity contribution < 1.29 is 34.6 Å². The fourth-order valence-corrected chi connectivity index (χ4v) is 7.59. The highest BCUT2D eigenvalue weighted by Crippen LogP contribution is 2.57. The molecule has 4 aromatic rings. The van der Waals surface area contributed by atoms with Crippen LogP contribution in [0.2, 0.25) is 0 Å². The lowest BCUT2D eigenvalue weighted by molar-refractivity contribution is 0.0201. The van der Waals surface area contributed by atoms with Gasteiger partial charge in [-0.3, -0.25) is 4.99 Å². The number of fused-ring (bicyclic) bond motifs is 5. The van der Waals surface area contributed by atoms with Crippen molar-refractivity contribution in [3.8, 4) is 39.9 Å². The summed E-state index contributed by atoms with van der Waals surface area (Å²) in [6, 6.07) is 16.9. The van der Waals surface area contributed by atoms with Gasteiger partial charge in [0.1, 0.15) is 30.0 Å². The molecule has 2 aliphatic carbocycles. The Morgan fingerprint density at radius 1 is 0.933 bits per heavy atom. The van der Waals surface area contributed by atoms with E-state index in [-0.39, 0.29) is 36.5 Å². The summed E-state index contributed by atoms with van der Waals surface area (Å²) in [5, 5.41) is 44.4. The van der Waals surface area contributed by atoms with Crippen LogP contribution in [0.1, 0.15) is 51.3 Å². The third-order valence-corrected chi connectivity index (χ3v) is 9.61. The van der Waals surface area contributed by atoms with Gasteiger partial charge in [-0.2, -0.15) is 0 Å². The lowest BCUT2D eigenvalue weighted by Crippen LogP contribution is -2.32. The van der Waals surface area contributed by atoms with Gasteiger partial charge in [-0.25, -0.2) is 0 Å². The number of phenolic OH excluding ortho intramolecular Hbond substituents is 2. The summed E-state index contributed by atoms with van der Waals surface area (Å²) in [4.78, 5) is 4.56. The standard InChI is InChI=1S/C37H33NO7/c1-43-33-15-21(3-8-30(33)41)37-31(42)17-25-27-16-26-22(19-2-7-28-20(14-19)10-11-38-28)4-5-23-29(40)9-6-24(35(23)26)36(27)34(44-13-12-39)18-32(25)45-37/h2-10,14-15,18,22,26,31,37,39-42H,11-13,16-17H2,1H3. The molecule has 0 saturated carbocycles. The maximum absolute atomic E-state index is 11.5. The Morgan fingerprint density at radius 2 is 1.78 bits per heavy atom. The van der Waals surface area contributed by atoms with E-state index in [1.165, 1.54) is 18.7 Å². The van der Waals surface area contributed by atoms with Crippen molar-refractivity contribution in [3.05, 3.63) is 105 Å². The van der Waals surface area contributed by atoms with Gasteiger partial charge in [0.2, 0.25) is 0 Å². The first-order chi connectivity index (χ1) is 21.9. The van der Waals surface area contributed by atoms with E-state index >= 15 is 0 Å². The van der Waals surface area contributed by atoms with Crippen LogP contribution in [0.25, 0.3) is 23.3 Å². The number of aromatic hydroxyl groups is 2. The summed E-state index contributed by atoms with van der Waals surface area (Å²) in [7, 11) is 1.48. The van der Waals surface area contributed by atoms with E-state index in [0.717, 1.165) is 44.0 Å². The molecule has 45 heavy (non-hydrogen) atoms. The summed E-state index contributed by atoms with van der Waals surface area (Å²) < 4.78 is 18.0.